The minimum atomic E-state index is 0.421. The third-order valence-corrected chi connectivity index (χ3v) is 2.80. The Hall–Kier alpha value is -2.49. The molecule has 0 fully saturated rings. The maximum atomic E-state index is 5.86. The first-order chi connectivity index (χ1) is 8.84. The molecule has 4 heteroatoms. The summed E-state index contributed by atoms with van der Waals surface area (Å²) in [7, 11) is 0. The second-order valence-electron chi connectivity index (χ2n) is 4.02. The monoisotopic (exact) mass is 239 g/mol. The molecular formula is C14H13N3O. The van der Waals surface area contributed by atoms with E-state index in [9.17, 15) is 0 Å². The molecule has 1 heterocycles. The Bertz CT molecular complexity index is 661. The predicted molar refractivity (Wildman–Crippen MR) is 71.2 cm³/mol. The van der Waals surface area contributed by atoms with Crippen LogP contribution in [0.25, 0.3) is 11.0 Å². The summed E-state index contributed by atoms with van der Waals surface area (Å²) in [6, 6.07) is 15.4. The average molecular weight is 239 g/mol. The molecule has 1 aromatic heterocycles. The number of ether oxygens (including phenoxy) is 1. The van der Waals surface area contributed by atoms with E-state index in [0.717, 1.165) is 16.8 Å². The van der Waals surface area contributed by atoms with E-state index in [1.807, 2.05) is 53.1 Å². The first kappa shape index (κ1) is 10.7. The summed E-state index contributed by atoms with van der Waals surface area (Å²) >= 11 is 0. The van der Waals surface area contributed by atoms with Gasteiger partial charge in [-0.25, -0.2) is 4.98 Å². The summed E-state index contributed by atoms with van der Waals surface area (Å²) in [6.45, 7) is 0.421. The normalized spacial score (nSPS) is 10.7. The quantitative estimate of drug-likeness (QED) is 0.715. The molecule has 3 rings (SSSR count). The van der Waals surface area contributed by atoms with E-state index < -0.39 is 0 Å². The van der Waals surface area contributed by atoms with Gasteiger partial charge in [-0.2, -0.15) is 0 Å². The lowest BCUT2D eigenvalue weighted by Crippen LogP contribution is -2.03. The molecule has 2 aromatic carbocycles. The summed E-state index contributed by atoms with van der Waals surface area (Å²) in [5.41, 5.74) is 8.34. The molecule has 4 nitrogen and oxygen atoms in total. The molecule has 0 aliphatic heterocycles. The van der Waals surface area contributed by atoms with Crippen LogP contribution in [-0.2, 0) is 6.73 Å². The van der Waals surface area contributed by atoms with Gasteiger partial charge in [0.15, 0.2) is 6.73 Å². The van der Waals surface area contributed by atoms with Crippen LogP contribution in [0.5, 0.6) is 5.75 Å². The standard InChI is InChI=1S/C14H13N3O/c15-12-7-4-8-13-14(12)16-9-17(13)10-18-11-5-2-1-3-6-11/h1-9H,10,15H2. The Kier molecular flexibility index (Phi) is 2.61. The largest absolute Gasteiger partial charge is 0.473 e. The zero-order chi connectivity index (χ0) is 12.4. The van der Waals surface area contributed by atoms with Gasteiger partial charge in [-0.1, -0.05) is 24.3 Å². The van der Waals surface area contributed by atoms with Crippen molar-refractivity contribution in [3.8, 4) is 5.75 Å². The minimum absolute atomic E-state index is 0.421. The number of para-hydroxylation sites is 2. The van der Waals surface area contributed by atoms with Crippen LogP contribution in [0.3, 0.4) is 0 Å². The first-order valence-corrected chi connectivity index (χ1v) is 5.72. The topological polar surface area (TPSA) is 53.1 Å². The summed E-state index contributed by atoms with van der Waals surface area (Å²) in [5, 5.41) is 0. The third kappa shape index (κ3) is 1.88. The molecule has 0 saturated carbocycles. The van der Waals surface area contributed by atoms with Gasteiger partial charge in [-0.15, -0.1) is 0 Å². The summed E-state index contributed by atoms with van der Waals surface area (Å²) < 4.78 is 7.61. The number of nitrogens with zero attached hydrogens (tertiary/aromatic N) is 2. The van der Waals surface area contributed by atoms with Crippen LogP contribution >= 0.6 is 0 Å². The molecule has 90 valence electrons. The van der Waals surface area contributed by atoms with E-state index in [1.54, 1.807) is 6.33 Å². The molecule has 0 radical (unpaired) electrons. The highest BCUT2D eigenvalue weighted by Crippen LogP contribution is 2.19. The van der Waals surface area contributed by atoms with Crippen molar-refractivity contribution in [1.29, 1.82) is 0 Å². The van der Waals surface area contributed by atoms with Gasteiger partial charge in [0.2, 0.25) is 0 Å². The molecule has 0 aliphatic carbocycles. The van der Waals surface area contributed by atoms with Crippen molar-refractivity contribution >= 4 is 16.7 Å². The highest BCUT2D eigenvalue weighted by molar-refractivity contribution is 5.86. The predicted octanol–water partition coefficient (Wildman–Crippen LogP) is 2.66. The lowest BCUT2D eigenvalue weighted by molar-refractivity contribution is 0.241. The lowest BCUT2D eigenvalue weighted by Gasteiger charge is -2.07. The van der Waals surface area contributed by atoms with Gasteiger partial charge in [0, 0.05) is 0 Å². The fourth-order valence-electron chi connectivity index (χ4n) is 1.87. The van der Waals surface area contributed by atoms with Crippen LogP contribution in [0.1, 0.15) is 0 Å². The van der Waals surface area contributed by atoms with Gasteiger partial charge in [0.25, 0.3) is 0 Å². The lowest BCUT2D eigenvalue weighted by atomic mass is 10.3. The number of benzene rings is 2. The van der Waals surface area contributed by atoms with E-state index in [4.69, 9.17) is 10.5 Å². The van der Waals surface area contributed by atoms with E-state index in [1.165, 1.54) is 0 Å². The van der Waals surface area contributed by atoms with E-state index in [-0.39, 0.29) is 0 Å². The van der Waals surface area contributed by atoms with Crippen molar-refractivity contribution in [2.75, 3.05) is 5.73 Å². The van der Waals surface area contributed by atoms with Crippen LogP contribution in [-0.4, -0.2) is 9.55 Å². The van der Waals surface area contributed by atoms with Gasteiger partial charge in [-0.05, 0) is 24.3 Å². The number of imidazole rings is 1. The highest BCUT2D eigenvalue weighted by atomic mass is 16.5. The van der Waals surface area contributed by atoms with Gasteiger partial charge in [0.1, 0.15) is 11.3 Å². The van der Waals surface area contributed by atoms with Crippen LogP contribution < -0.4 is 10.5 Å². The smallest absolute Gasteiger partial charge is 0.166 e. The second kappa shape index (κ2) is 4.41. The number of rotatable bonds is 3. The van der Waals surface area contributed by atoms with Crippen molar-refractivity contribution in [2.24, 2.45) is 0 Å². The number of hydrogen-bond acceptors (Lipinski definition) is 3. The Morgan fingerprint density at radius 2 is 1.89 bits per heavy atom. The van der Waals surface area contributed by atoms with Crippen molar-refractivity contribution in [1.82, 2.24) is 9.55 Å². The zero-order valence-electron chi connectivity index (χ0n) is 9.78. The molecule has 0 saturated heterocycles. The Balaban J connectivity index is 1.85. The number of hydrogen-bond donors (Lipinski definition) is 1. The number of fused-ring (bicyclic) bond motifs is 1. The molecule has 18 heavy (non-hydrogen) atoms. The first-order valence-electron chi connectivity index (χ1n) is 5.72. The molecule has 2 N–H and O–H groups in total. The van der Waals surface area contributed by atoms with E-state index in [0.29, 0.717) is 12.4 Å². The van der Waals surface area contributed by atoms with Gasteiger partial charge < -0.3 is 10.5 Å². The Morgan fingerprint density at radius 1 is 1.06 bits per heavy atom. The molecule has 3 aromatic rings. The number of nitrogens with two attached hydrogens (primary N) is 1. The van der Waals surface area contributed by atoms with Gasteiger partial charge in [0.05, 0.1) is 17.5 Å². The van der Waals surface area contributed by atoms with Crippen LogP contribution in [0.2, 0.25) is 0 Å². The SMILES string of the molecule is Nc1cccc2c1ncn2COc1ccccc1. The van der Waals surface area contributed by atoms with Crippen molar-refractivity contribution in [2.45, 2.75) is 6.73 Å². The van der Waals surface area contributed by atoms with E-state index >= 15 is 0 Å². The average Bonchev–Trinajstić information content (AvgIpc) is 2.82. The molecule has 0 spiro atoms. The molecule has 0 aliphatic rings. The molecule has 0 amide bonds. The minimum Gasteiger partial charge on any atom is -0.473 e. The summed E-state index contributed by atoms with van der Waals surface area (Å²) in [6.07, 6.45) is 1.74. The Labute approximate surface area is 105 Å². The fraction of sp³-hybridized carbons (Fsp3) is 0.0714. The van der Waals surface area contributed by atoms with Gasteiger partial charge >= 0.3 is 0 Å². The van der Waals surface area contributed by atoms with Crippen molar-refractivity contribution in [3.63, 3.8) is 0 Å². The number of anilines is 1. The van der Waals surface area contributed by atoms with Crippen LogP contribution in [0.15, 0.2) is 54.9 Å². The van der Waals surface area contributed by atoms with Crippen LogP contribution in [0, 0.1) is 0 Å². The number of nitrogen functional groups attached to an aromatic ring is 1. The molecule has 0 bridgehead atoms. The zero-order valence-corrected chi connectivity index (χ0v) is 9.78. The van der Waals surface area contributed by atoms with E-state index in [2.05, 4.69) is 4.98 Å². The number of aromatic nitrogens is 2. The highest BCUT2D eigenvalue weighted by Gasteiger charge is 2.04. The summed E-state index contributed by atoms with van der Waals surface area (Å²) in [5.74, 6) is 0.836. The van der Waals surface area contributed by atoms with Gasteiger partial charge in [-0.3, -0.25) is 4.57 Å². The third-order valence-electron chi connectivity index (χ3n) is 2.80. The van der Waals surface area contributed by atoms with Crippen molar-refractivity contribution < 1.29 is 4.74 Å². The fourth-order valence-corrected chi connectivity index (χ4v) is 1.87. The van der Waals surface area contributed by atoms with Crippen molar-refractivity contribution in [3.05, 3.63) is 54.9 Å². The van der Waals surface area contributed by atoms with Crippen LogP contribution in [0.4, 0.5) is 5.69 Å². The summed E-state index contributed by atoms with van der Waals surface area (Å²) in [4.78, 5) is 4.29. The maximum Gasteiger partial charge on any atom is 0.166 e. The maximum absolute atomic E-state index is 5.86. The molecule has 0 unspecified atom stereocenters. The molecule has 0 atom stereocenters. The Morgan fingerprint density at radius 3 is 2.72 bits per heavy atom. The second-order valence-corrected chi connectivity index (χ2v) is 4.02. The molecular weight excluding hydrogens is 226 g/mol.